The highest BCUT2D eigenvalue weighted by atomic mass is 32.2. The maximum absolute atomic E-state index is 11.4. The van der Waals surface area contributed by atoms with E-state index in [1.54, 1.807) is 13.2 Å². The summed E-state index contributed by atoms with van der Waals surface area (Å²) in [6.45, 7) is 4.46. The van der Waals surface area contributed by atoms with Crippen molar-refractivity contribution in [3.8, 4) is 0 Å². The van der Waals surface area contributed by atoms with Gasteiger partial charge in [-0.3, -0.25) is 10.1 Å². The monoisotopic (exact) mass is 289 g/mol. The molecular weight excluding hydrogens is 274 g/mol. The van der Waals surface area contributed by atoms with Crippen molar-refractivity contribution >= 4 is 34.1 Å². The van der Waals surface area contributed by atoms with E-state index in [9.17, 15) is 4.79 Å². The molecule has 0 aliphatic heterocycles. The Labute approximate surface area is 114 Å². The second-order valence-electron chi connectivity index (χ2n) is 3.07. The van der Waals surface area contributed by atoms with Crippen LogP contribution in [0.1, 0.15) is 0 Å². The van der Waals surface area contributed by atoms with Crippen LogP contribution in [0.15, 0.2) is 17.0 Å². The molecule has 0 saturated heterocycles. The normalized spacial score (nSPS) is 10.3. The molecule has 0 aliphatic carbocycles. The van der Waals surface area contributed by atoms with E-state index in [4.69, 9.17) is 9.47 Å². The number of rotatable bonds is 9. The molecule has 0 fully saturated rings. The lowest BCUT2D eigenvalue weighted by molar-refractivity contribution is -0.121. The number of anilines is 1. The number of thioether (sulfide) groups is 1. The van der Waals surface area contributed by atoms with E-state index in [0.717, 1.165) is 10.1 Å². The molecule has 1 aromatic rings. The van der Waals surface area contributed by atoms with Crippen molar-refractivity contribution in [1.82, 2.24) is 10.2 Å². The fraction of sp³-hybridized carbons (Fsp3) is 0.500. The molecule has 1 N–H and O–H groups in total. The van der Waals surface area contributed by atoms with Gasteiger partial charge in [-0.2, -0.15) is 0 Å². The Morgan fingerprint density at radius 1 is 1.56 bits per heavy atom. The van der Waals surface area contributed by atoms with Gasteiger partial charge in [-0.05, 0) is 0 Å². The van der Waals surface area contributed by atoms with Crippen LogP contribution in [0.25, 0.3) is 0 Å². The molecule has 18 heavy (non-hydrogen) atoms. The van der Waals surface area contributed by atoms with Crippen LogP contribution in [0.4, 0.5) is 5.13 Å². The summed E-state index contributed by atoms with van der Waals surface area (Å²) in [5.41, 5.74) is 0. The molecule has 0 saturated carbocycles. The van der Waals surface area contributed by atoms with Gasteiger partial charge < -0.3 is 9.47 Å². The predicted molar refractivity (Wildman–Crippen MR) is 72.2 cm³/mol. The first-order chi connectivity index (χ1) is 8.76. The Kier molecular flexibility index (Phi) is 7.58. The molecule has 0 aromatic carbocycles. The van der Waals surface area contributed by atoms with Gasteiger partial charge in [0.05, 0.1) is 13.2 Å². The Balaban J connectivity index is 2.26. The van der Waals surface area contributed by atoms with Gasteiger partial charge in [-0.1, -0.05) is 29.2 Å². The zero-order chi connectivity index (χ0) is 13.2. The van der Waals surface area contributed by atoms with E-state index >= 15 is 0 Å². The fourth-order valence-corrected chi connectivity index (χ4v) is 2.44. The first kappa shape index (κ1) is 15.1. The zero-order valence-electron chi connectivity index (χ0n) is 10.0. The number of hydrogen-bond donors (Lipinski definition) is 1. The summed E-state index contributed by atoms with van der Waals surface area (Å²) in [5, 5.41) is 10.9. The molecule has 1 aromatic heterocycles. The third-order valence-electron chi connectivity index (χ3n) is 1.64. The van der Waals surface area contributed by atoms with Gasteiger partial charge in [-0.25, -0.2) is 0 Å². The molecule has 1 rings (SSSR count). The third kappa shape index (κ3) is 6.10. The largest absolute Gasteiger partial charge is 0.382 e. The van der Waals surface area contributed by atoms with Crippen LogP contribution < -0.4 is 5.32 Å². The standard InChI is InChI=1S/C10H15N3O3S2/c1-3-6-17-10-13-12-9(18-10)11-8(14)7-16-5-4-15-2/h3H,1,4-7H2,2H3,(H,11,12,14). The van der Waals surface area contributed by atoms with Gasteiger partial charge in [0.15, 0.2) is 4.34 Å². The van der Waals surface area contributed by atoms with Crippen molar-refractivity contribution in [2.45, 2.75) is 4.34 Å². The molecule has 0 unspecified atom stereocenters. The van der Waals surface area contributed by atoms with Gasteiger partial charge in [-0.15, -0.1) is 16.8 Å². The lowest BCUT2D eigenvalue weighted by Crippen LogP contribution is -2.19. The van der Waals surface area contributed by atoms with Crippen LogP contribution in [-0.2, 0) is 14.3 Å². The molecule has 1 amide bonds. The smallest absolute Gasteiger partial charge is 0.252 e. The van der Waals surface area contributed by atoms with Crippen molar-refractivity contribution in [3.63, 3.8) is 0 Å². The summed E-state index contributed by atoms with van der Waals surface area (Å²) in [5.74, 6) is 0.519. The van der Waals surface area contributed by atoms with E-state index in [1.165, 1.54) is 23.1 Å². The van der Waals surface area contributed by atoms with E-state index in [2.05, 4.69) is 22.1 Å². The highest BCUT2D eigenvalue weighted by molar-refractivity contribution is 8.01. The van der Waals surface area contributed by atoms with E-state index < -0.39 is 0 Å². The number of methoxy groups -OCH3 is 1. The Bertz CT molecular complexity index is 384. The van der Waals surface area contributed by atoms with Crippen molar-refractivity contribution < 1.29 is 14.3 Å². The van der Waals surface area contributed by atoms with Crippen LogP contribution in [0.2, 0.25) is 0 Å². The number of carbonyl (C=O) groups is 1. The lowest BCUT2D eigenvalue weighted by Gasteiger charge is -2.02. The Morgan fingerprint density at radius 3 is 3.11 bits per heavy atom. The summed E-state index contributed by atoms with van der Waals surface area (Å²) >= 11 is 2.85. The van der Waals surface area contributed by atoms with E-state index in [-0.39, 0.29) is 12.5 Å². The first-order valence-corrected chi connectivity index (χ1v) is 7.00. The van der Waals surface area contributed by atoms with Gasteiger partial charge in [0.2, 0.25) is 5.13 Å². The van der Waals surface area contributed by atoms with Crippen LogP contribution >= 0.6 is 23.1 Å². The van der Waals surface area contributed by atoms with Crippen molar-refractivity contribution in [3.05, 3.63) is 12.7 Å². The maximum Gasteiger partial charge on any atom is 0.252 e. The van der Waals surface area contributed by atoms with Gasteiger partial charge in [0.25, 0.3) is 5.91 Å². The molecule has 6 nitrogen and oxygen atoms in total. The van der Waals surface area contributed by atoms with Crippen LogP contribution in [0.5, 0.6) is 0 Å². The quantitative estimate of drug-likeness (QED) is 0.321. The number of ether oxygens (including phenoxy) is 2. The SMILES string of the molecule is C=CCSc1nnc(NC(=O)COCCOC)s1. The summed E-state index contributed by atoms with van der Waals surface area (Å²) in [7, 11) is 1.58. The molecule has 0 aliphatic rings. The average molecular weight is 289 g/mol. The number of nitrogens with one attached hydrogen (secondary N) is 1. The maximum atomic E-state index is 11.4. The summed E-state index contributed by atoms with van der Waals surface area (Å²) in [6.07, 6.45) is 1.79. The molecule has 8 heteroatoms. The van der Waals surface area contributed by atoms with Crippen LogP contribution in [0.3, 0.4) is 0 Å². The van der Waals surface area contributed by atoms with Gasteiger partial charge in [0.1, 0.15) is 6.61 Å². The third-order valence-corrected chi connectivity index (χ3v) is 3.61. The minimum absolute atomic E-state index is 0.0158. The Hall–Kier alpha value is -0.960. The average Bonchev–Trinajstić information content (AvgIpc) is 2.80. The van der Waals surface area contributed by atoms with Crippen molar-refractivity contribution in [2.24, 2.45) is 0 Å². The summed E-state index contributed by atoms with van der Waals surface area (Å²) < 4.78 is 10.7. The Morgan fingerprint density at radius 2 is 2.39 bits per heavy atom. The second-order valence-corrected chi connectivity index (χ2v) is 5.31. The summed E-state index contributed by atoms with van der Waals surface area (Å²) in [4.78, 5) is 11.4. The van der Waals surface area contributed by atoms with E-state index in [1.807, 2.05) is 0 Å². The zero-order valence-corrected chi connectivity index (χ0v) is 11.7. The predicted octanol–water partition coefficient (Wildman–Crippen LogP) is 1.42. The number of hydrogen-bond acceptors (Lipinski definition) is 7. The topological polar surface area (TPSA) is 73.3 Å². The molecule has 0 spiro atoms. The molecule has 100 valence electrons. The highest BCUT2D eigenvalue weighted by Gasteiger charge is 2.08. The van der Waals surface area contributed by atoms with Gasteiger partial charge >= 0.3 is 0 Å². The second kappa shape index (κ2) is 9.03. The molecule has 0 radical (unpaired) electrons. The number of carbonyl (C=O) groups excluding carboxylic acids is 1. The molecular formula is C10H15N3O3S2. The number of nitrogens with zero attached hydrogens (tertiary/aromatic N) is 2. The molecule has 0 bridgehead atoms. The highest BCUT2D eigenvalue weighted by Crippen LogP contribution is 2.25. The minimum Gasteiger partial charge on any atom is -0.382 e. The number of aromatic nitrogens is 2. The minimum atomic E-state index is -0.248. The first-order valence-electron chi connectivity index (χ1n) is 5.20. The van der Waals surface area contributed by atoms with Gasteiger partial charge in [0, 0.05) is 12.9 Å². The van der Waals surface area contributed by atoms with Crippen molar-refractivity contribution in [2.75, 3.05) is 38.0 Å². The van der Waals surface area contributed by atoms with Crippen LogP contribution in [-0.4, -0.2) is 48.8 Å². The van der Waals surface area contributed by atoms with Crippen molar-refractivity contribution in [1.29, 1.82) is 0 Å². The fourth-order valence-electron chi connectivity index (χ4n) is 0.911. The lowest BCUT2D eigenvalue weighted by atomic mass is 10.6. The van der Waals surface area contributed by atoms with E-state index in [0.29, 0.717) is 18.3 Å². The molecule has 0 atom stereocenters. The molecule has 1 heterocycles. The number of amides is 1. The van der Waals surface area contributed by atoms with Crippen LogP contribution in [0, 0.1) is 0 Å². The summed E-state index contributed by atoms with van der Waals surface area (Å²) in [6, 6.07) is 0.